The van der Waals surface area contributed by atoms with Gasteiger partial charge in [-0.2, -0.15) is 5.10 Å². The van der Waals surface area contributed by atoms with Crippen molar-refractivity contribution in [1.29, 1.82) is 0 Å². The molecule has 1 aromatic carbocycles. The van der Waals surface area contributed by atoms with Gasteiger partial charge in [-0.05, 0) is 69.2 Å². The molecule has 11 nitrogen and oxygen atoms in total. The van der Waals surface area contributed by atoms with Crippen LogP contribution in [0.3, 0.4) is 0 Å². The number of hydrogen-bond acceptors (Lipinski definition) is 9. The van der Waals surface area contributed by atoms with Crippen LogP contribution in [0.25, 0.3) is 22.2 Å². The molecule has 1 amide bonds. The zero-order valence-corrected chi connectivity index (χ0v) is 26.0. The van der Waals surface area contributed by atoms with E-state index in [4.69, 9.17) is 31.1 Å². The summed E-state index contributed by atoms with van der Waals surface area (Å²) in [4.78, 5) is 27.0. The van der Waals surface area contributed by atoms with Crippen molar-refractivity contribution in [2.75, 3.05) is 51.4 Å². The molecule has 3 aromatic rings. The van der Waals surface area contributed by atoms with Crippen molar-refractivity contribution in [3.05, 3.63) is 40.4 Å². The lowest BCUT2D eigenvalue weighted by atomic mass is 9.94. The molecular weight excluding hydrogens is 618 g/mol. The Morgan fingerprint density at radius 1 is 1.17 bits per heavy atom. The lowest BCUT2D eigenvalue weighted by Crippen LogP contribution is -2.53. The number of amides is 1. The Labute approximate surface area is 269 Å². The molecule has 4 atom stereocenters. The number of H-pyrrole nitrogens is 1. The summed E-state index contributed by atoms with van der Waals surface area (Å²) < 4.78 is 43.9. The highest BCUT2D eigenvalue weighted by molar-refractivity contribution is 6.33. The number of carbonyl (C=O) groups excluding carboxylic acids is 1. The molecule has 10 rings (SSSR count). The minimum atomic E-state index is -1.16. The Bertz CT molecular complexity index is 1780. The zero-order valence-electron chi connectivity index (χ0n) is 25.3. The monoisotopic (exact) mass is 652 g/mol. The number of anilines is 1. The molecule has 6 bridgehead atoms. The van der Waals surface area contributed by atoms with Crippen LogP contribution in [-0.4, -0.2) is 100 Å². The summed E-state index contributed by atoms with van der Waals surface area (Å²) in [5, 5.41) is 14.4. The Hall–Kier alpha value is -3.55. The van der Waals surface area contributed by atoms with Crippen LogP contribution in [0.1, 0.15) is 55.6 Å². The first-order valence-corrected chi connectivity index (χ1v) is 16.6. The number of halogens is 3. The van der Waals surface area contributed by atoms with Gasteiger partial charge in [-0.15, -0.1) is 0 Å². The Balaban J connectivity index is 1.18. The molecule has 6 aliphatic heterocycles. The molecule has 7 aliphatic rings. The summed E-state index contributed by atoms with van der Waals surface area (Å²) in [6, 6.07) is 1.79. The molecule has 1 saturated carbocycles. The van der Waals surface area contributed by atoms with Crippen LogP contribution in [0.15, 0.2) is 23.5 Å². The van der Waals surface area contributed by atoms with E-state index in [2.05, 4.69) is 25.7 Å². The fourth-order valence-corrected chi connectivity index (χ4v) is 8.89. The molecule has 46 heavy (non-hydrogen) atoms. The van der Waals surface area contributed by atoms with E-state index >= 15 is 4.39 Å². The van der Waals surface area contributed by atoms with Crippen molar-refractivity contribution in [1.82, 2.24) is 30.3 Å². The summed E-state index contributed by atoms with van der Waals surface area (Å²) >= 11 is 6.88. The predicted octanol–water partition coefficient (Wildman–Crippen LogP) is 4.78. The number of nitrogens with zero attached hydrogens (tertiary/aromatic N) is 5. The van der Waals surface area contributed by atoms with Gasteiger partial charge in [-0.25, -0.2) is 18.6 Å². The van der Waals surface area contributed by atoms with Gasteiger partial charge in [-0.3, -0.25) is 15.0 Å². The fraction of sp³-hybridized carbons (Fsp3) is 0.562. The highest BCUT2D eigenvalue weighted by Crippen LogP contribution is 2.55. The number of benzene rings is 1. The van der Waals surface area contributed by atoms with Crippen LogP contribution in [0.2, 0.25) is 5.02 Å². The van der Waals surface area contributed by atoms with E-state index in [9.17, 15) is 9.18 Å². The standard InChI is InChI=1S/C32H35ClF2N8O3/c33-21-10-22-19(12-37-41-22)24-23(21)18-9-17(18)13-45-30(44)40-31(14-34)5-8-42(15-31)28-20-11-36-27(24)25(35)26(20)38-29(39-28)46-16-32-3-1-6-43(32)7-2-4-32/h10-12,17-18,29,38H,1-9,13-16H2,(H,37,41)(H,40,44)/t17?,18?,29?,31-/m0/s1. The van der Waals surface area contributed by atoms with E-state index in [-0.39, 0.29) is 41.9 Å². The molecule has 14 heteroatoms. The number of pyridine rings is 1. The molecule has 8 heterocycles. The number of aromatic amines is 1. The minimum absolute atomic E-state index is 0.0268. The Kier molecular flexibility index (Phi) is 6.53. The maximum absolute atomic E-state index is 17.1. The van der Waals surface area contributed by atoms with E-state index in [0.29, 0.717) is 58.9 Å². The smallest absolute Gasteiger partial charge is 0.407 e. The predicted molar refractivity (Wildman–Crippen MR) is 167 cm³/mol. The summed E-state index contributed by atoms with van der Waals surface area (Å²) in [7, 11) is 0. The van der Waals surface area contributed by atoms with Gasteiger partial charge in [0.25, 0.3) is 0 Å². The zero-order chi connectivity index (χ0) is 31.2. The van der Waals surface area contributed by atoms with Crippen LogP contribution in [0.5, 0.6) is 0 Å². The van der Waals surface area contributed by atoms with Crippen LogP contribution in [0, 0.1) is 11.7 Å². The maximum Gasteiger partial charge on any atom is 0.407 e. The number of aliphatic imine (C=N–C) groups is 1. The average Bonchev–Trinajstić information content (AvgIpc) is 3.46. The fourth-order valence-electron chi connectivity index (χ4n) is 8.54. The van der Waals surface area contributed by atoms with Gasteiger partial charge in [0.05, 0.1) is 41.7 Å². The minimum Gasteiger partial charge on any atom is -0.449 e. The van der Waals surface area contributed by atoms with Gasteiger partial charge in [0.2, 0.25) is 6.35 Å². The third kappa shape index (κ3) is 4.41. The summed E-state index contributed by atoms with van der Waals surface area (Å²) in [5.74, 6) is -0.210. The number of carbonyl (C=O) groups is 1. The highest BCUT2D eigenvalue weighted by atomic mass is 35.5. The van der Waals surface area contributed by atoms with Crippen molar-refractivity contribution in [2.45, 2.75) is 61.9 Å². The number of hydrogen-bond donors (Lipinski definition) is 3. The number of aromatic nitrogens is 3. The Morgan fingerprint density at radius 3 is 2.85 bits per heavy atom. The second-order valence-corrected chi connectivity index (χ2v) is 14.2. The van der Waals surface area contributed by atoms with E-state index in [0.717, 1.165) is 44.3 Å². The first kappa shape index (κ1) is 28.7. The van der Waals surface area contributed by atoms with Gasteiger partial charge < -0.3 is 25.0 Å². The van der Waals surface area contributed by atoms with Crippen molar-refractivity contribution >= 4 is 40.1 Å². The number of fused-ring (bicyclic) bond motifs is 6. The third-order valence-electron chi connectivity index (χ3n) is 11.1. The van der Waals surface area contributed by atoms with Crippen LogP contribution in [0.4, 0.5) is 19.3 Å². The van der Waals surface area contributed by atoms with Crippen molar-refractivity contribution < 1.29 is 23.0 Å². The van der Waals surface area contributed by atoms with Crippen molar-refractivity contribution in [2.24, 2.45) is 10.9 Å². The second-order valence-electron chi connectivity index (χ2n) is 13.8. The molecule has 1 aliphatic carbocycles. The molecule has 0 spiro atoms. The molecule has 3 unspecified atom stereocenters. The first-order chi connectivity index (χ1) is 22.4. The first-order valence-electron chi connectivity index (χ1n) is 16.2. The summed E-state index contributed by atoms with van der Waals surface area (Å²) in [5.41, 5.74) is 1.59. The summed E-state index contributed by atoms with van der Waals surface area (Å²) in [6.07, 6.45) is 7.15. The third-order valence-corrected chi connectivity index (χ3v) is 11.4. The van der Waals surface area contributed by atoms with E-state index < -0.39 is 30.5 Å². The second kappa shape index (κ2) is 10.5. The van der Waals surface area contributed by atoms with Gasteiger partial charge in [0.1, 0.15) is 18.2 Å². The maximum atomic E-state index is 17.1. The lowest BCUT2D eigenvalue weighted by Gasteiger charge is -2.35. The SMILES string of the molecule is O=C1N[C@]2(CF)CCN(C2)C2=NC(OCC34CCCN3CCC4)Nc3c2cnc(c3F)-c2c(c(Cl)cc3[nH]ncc23)C2CC2CO1. The van der Waals surface area contributed by atoms with Crippen molar-refractivity contribution in [3.8, 4) is 11.3 Å². The lowest BCUT2D eigenvalue weighted by molar-refractivity contribution is 0.00202. The quantitative estimate of drug-likeness (QED) is 0.369. The van der Waals surface area contributed by atoms with Crippen LogP contribution < -0.4 is 10.6 Å². The molecule has 4 fully saturated rings. The van der Waals surface area contributed by atoms with Crippen molar-refractivity contribution in [3.63, 3.8) is 0 Å². The molecule has 3 saturated heterocycles. The number of rotatable bonds is 4. The number of alkyl carbamates (subject to hydrolysis) is 1. The van der Waals surface area contributed by atoms with E-state index in [1.54, 1.807) is 18.5 Å². The molecule has 3 N–H and O–H groups in total. The van der Waals surface area contributed by atoms with Gasteiger partial charge >= 0.3 is 6.09 Å². The molecule has 2 aromatic heterocycles. The Morgan fingerprint density at radius 2 is 2.02 bits per heavy atom. The normalized spacial score (nSPS) is 29.5. The van der Waals surface area contributed by atoms with Gasteiger partial charge in [0.15, 0.2) is 5.82 Å². The van der Waals surface area contributed by atoms with Gasteiger partial charge in [0, 0.05) is 46.7 Å². The molecule has 242 valence electrons. The number of amidine groups is 1. The van der Waals surface area contributed by atoms with Crippen LogP contribution in [-0.2, 0) is 9.47 Å². The molecule has 0 radical (unpaired) electrons. The largest absolute Gasteiger partial charge is 0.449 e. The topological polar surface area (TPSA) is 120 Å². The average molecular weight is 653 g/mol. The molecular formula is C32H35ClF2N8O3. The number of alkyl halides is 1. The number of nitrogens with one attached hydrogen (secondary N) is 3. The van der Waals surface area contributed by atoms with E-state index in [1.807, 2.05) is 4.90 Å². The summed E-state index contributed by atoms with van der Waals surface area (Å²) in [6.45, 7) is 2.48. The number of ether oxygens (including phenoxy) is 2. The van der Waals surface area contributed by atoms with Gasteiger partial charge in [-0.1, -0.05) is 11.6 Å². The van der Waals surface area contributed by atoms with Crippen LogP contribution >= 0.6 is 11.6 Å². The van der Waals surface area contributed by atoms with E-state index in [1.165, 1.54) is 0 Å². The highest BCUT2D eigenvalue weighted by Gasteiger charge is 2.48.